The van der Waals surface area contributed by atoms with E-state index >= 15 is 0 Å². The molecule has 4 rings (SSSR count). The minimum atomic E-state index is -0.102. The Bertz CT molecular complexity index is 907. The highest BCUT2D eigenvalue weighted by Crippen LogP contribution is 2.36. The molecule has 7 heteroatoms. The topological polar surface area (TPSA) is 95.8 Å². The predicted molar refractivity (Wildman–Crippen MR) is 93.1 cm³/mol. The minimum Gasteiger partial charge on any atom is -0.388 e. The van der Waals surface area contributed by atoms with Gasteiger partial charge in [0.05, 0.1) is 0 Å². The number of carbonyl (C=O) groups excluding carboxylic acids is 1. The van der Waals surface area contributed by atoms with E-state index in [1.165, 1.54) is 0 Å². The molecule has 1 saturated carbocycles. The molecule has 1 aliphatic carbocycles. The maximum Gasteiger partial charge on any atom is 0.251 e. The smallest absolute Gasteiger partial charge is 0.251 e. The number of rotatable bonds is 5. The zero-order valence-corrected chi connectivity index (χ0v) is 14.1. The Kier molecular flexibility index (Phi) is 4.01. The summed E-state index contributed by atoms with van der Waals surface area (Å²) in [5.74, 6) is 1.74. The molecule has 1 aliphatic rings. The Hall–Kier alpha value is -2.67. The minimum absolute atomic E-state index is 0.0482. The molecule has 0 bridgehead atoms. The Morgan fingerprint density at radius 1 is 1.36 bits per heavy atom. The second kappa shape index (κ2) is 6.33. The number of hydrogen-bond acceptors (Lipinski definition) is 4. The fourth-order valence-electron chi connectivity index (χ4n) is 3.52. The molecule has 2 heterocycles. The van der Waals surface area contributed by atoms with Crippen LogP contribution in [0, 0.1) is 0 Å². The van der Waals surface area contributed by atoms with E-state index in [9.17, 15) is 9.90 Å². The SMILES string of the molecule is CCn1c(CO)nnc1C1CC(NC(=O)c2ccc3cc[nH]c3c2)C1. The van der Waals surface area contributed by atoms with Crippen molar-refractivity contribution in [3.63, 3.8) is 0 Å². The summed E-state index contributed by atoms with van der Waals surface area (Å²) in [7, 11) is 0. The first-order chi connectivity index (χ1) is 12.2. The van der Waals surface area contributed by atoms with Gasteiger partial charge in [0.2, 0.25) is 0 Å². The molecule has 1 aromatic carbocycles. The van der Waals surface area contributed by atoms with Gasteiger partial charge in [0.15, 0.2) is 5.82 Å². The number of fused-ring (bicyclic) bond motifs is 1. The fraction of sp³-hybridized carbons (Fsp3) is 0.389. The Morgan fingerprint density at radius 3 is 2.96 bits per heavy atom. The quantitative estimate of drug-likeness (QED) is 0.662. The Morgan fingerprint density at radius 2 is 2.20 bits per heavy atom. The van der Waals surface area contributed by atoms with Crippen LogP contribution in [0.4, 0.5) is 0 Å². The van der Waals surface area contributed by atoms with Gasteiger partial charge >= 0.3 is 0 Å². The number of carbonyl (C=O) groups is 1. The molecule has 0 radical (unpaired) electrons. The molecule has 0 unspecified atom stereocenters. The molecule has 1 fully saturated rings. The van der Waals surface area contributed by atoms with Gasteiger partial charge < -0.3 is 20.0 Å². The summed E-state index contributed by atoms with van der Waals surface area (Å²) in [5.41, 5.74) is 1.63. The Labute approximate surface area is 145 Å². The van der Waals surface area contributed by atoms with Crippen molar-refractivity contribution in [3.8, 4) is 0 Å². The van der Waals surface area contributed by atoms with Gasteiger partial charge in [-0.3, -0.25) is 4.79 Å². The first-order valence-corrected chi connectivity index (χ1v) is 8.60. The third kappa shape index (κ3) is 2.80. The lowest BCUT2D eigenvalue weighted by atomic mass is 9.79. The van der Waals surface area contributed by atoms with Gasteiger partial charge in [0.25, 0.3) is 5.91 Å². The number of nitrogens with one attached hydrogen (secondary N) is 2. The molecule has 130 valence electrons. The highest BCUT2D eigenvalue weighted by atomic mass is 16.3. The maximum absolute atomic E-state index is 12.4. The van der Waals surface area contributed by atoms with Crippen molar-refractivity contribution in [2.24, 2.45) is 0 Å². The molecular weight excluding hydrogens is 318 g/mol. The first-order valence-electron chi connectivity index (χ1n) is 8.60. The molecule has 2 aromatic heterocycles. The lowest BCUT2D eigenvalue weighted by Crippen LogP contribution is -2.44. The number of aliphatic hydroxyl groups excluding tert-OH is 1. The van der Waals surface area contributed by atoms with Crippen molar-refractivity contribution in [1.82, 2.24) is 25.1 Å². The van der Waals surface area contributed by atoms with Crippen molar-refractivity contribution >= 4 is 16.8 Å². The van der Waals surface area contributed by atoms with Crippen molar-refractivity contribution in [1.29, 1.82) is 0 Å². The van der Waals surface area contributed by atoms with Gasteiger partial charge in [0.1, 0.15) is 12.4 Å². The van der Waals surface area contributed by atoms with Gasteiger partial charge in [-0.15, -0.1) is 10.2 Å². The van der Waals surface area contributed by atoms with Crippen molar-refractivity contribution in [2.75, 3.05) is 0 Å². The first kappa shape index (κ1) is 15.8. The summed E-state index contributed by atoms with van der Waals surface area (Å²) in [4.78, 5) is 15.6. The van der Waals surface area contributed by atoms with Crippen LogP contribution in [0.15, 0.2) is 30.5 Å². The average Bonchev–Trinajstić information content (AvgIpc) is 3.22. The normalized spacial score (nSPS) is 19.8. The molecule has 25 heavy (non-hydrogen) atoms. The van der Waals surface area contributed by atoms with Crippen LogP contribution in [-0.4, -0.2) is 36.8 Å². The number of benzene rings is 1. The van der Waals surface area contributed by atoms with Crippen molar-refractivity contribution in [2.45, 2.75) is 44.9 Å². The van der Waals surface area contributed by atoms with E-state index in [0.29, 0.717) is 11.4 Å². The molecule has 0 saturated heterocycles. The second-order valence-corrected chi connectivity index (χ2v) is 6.50. The number of nitrogens with zero attached hydrogens (tertiary/aromatic N) is 3. The van der Waals surface area contributed by atoms with Crippen molar-refractivity contribution < 1.29 is 9.90 Å². The summed E-state index contributed by atoms with van der Waals surface area (Å²) in [6.07, 6.45) is 3.56. The van der Waals surface area contributed by atoms with Crippen LogP contribution in [0.25, 0.3) is 10.9 Å². The van der Waals surface area contributed by atoms with Crippen molar-refractivity contribution in [3.05, 3.63) is 47.7 Å². The summed E-state index contributed by atoms with van der Waals surface area (Å²) < 4.78 is 1.96. The molecule has 0 atom stereocenters. The van der Waals surface area contributed by atoms with Crippen LogP contribution >= 0.6 is 0 Å². The fourth-order valence-corrected chi connectivity index (χ4v) is 3.52. The van der Waals surface area contributed by atoms with Crippen LogP contribution < -0.4 is 5.32 Å². The molecule has 3 aromatic rings. The van der Waals surface area contributed by atoms with Crippen LogP contribution in [0.1, 0.15) is 47.7 Å². The number of H-pyrrole nitrogens is 1. The second-order valence-electron chi connectivity index (χ2n) is 6.50. The summed E-state index contributed by atoms with van der Waals surface area (Å²) in [6.45, 7) is 2.65. The van der Waals surface area contributed by atoms with E-state index in [1.54, 1.807) is 0 Å². The van der Waals surface area contributed by atoms with Crippen LogP contribution in [0.5, 0.6) is 0 Å². The monoisotopic (exact) mass is 339 g/mol. The Balaban J connectivity index is 1.39. The van der Waals surface area contributed by atoms with Gasteiger partial charge in [-0.25, -0.2) is 0 Å². The zero-order valence-electron chi connectivity index (χ0n) is 14.1. The van der Waals surface area contributed by atoms with Crippen LogP contribution in [0.3, 0.4) is 0 Å². The predicted octanol–water partition coefficient (Wildman–Crippen LogP) is 1.95. The highest BCUT2D eigenvalue weighted by Gasteiger charge is 2.35. The number of aromatic amines is 1. The number of hydrogen-bond donors (Lipinski definition) is 3. The lowest BCUT2D eigenvalue weighted by Gasteiger charge is -2.35. The van der Waals surface area contributed by atoms with E-state index in [0.717, 1.165) is 36.1 Å². The summed E-state index contributed by atoms with van der Waals surface area (Å²) >= 11 is 0. The van der Waals surface area contributed by atoms with E-state index < -0.39 is 0 Å². The molecule has 0 spiro atoms. The molecular formula is C18H21N5O2. The molecule has 7 nitrogen and oxygen atoms in total. The number of aromatic nitrogens is 4. The van der Waals surface area contributed by atoms with Gasteiger partial charge in [-0.1, -0.05) is 6.07 Å². The molecule has 1 amide bonds. The van der Waals surface area contributed by atoms with E-state index in [2.05, 4.69) is 20.5 Å². The molecule has 3 N–H and O–H groups in total. The van der Waals surface area contributed by atoms with Gasteiger partial charge in [-0.05, 0) is 43.4 Å². The standard InChI is InChI=1S/C18H21N5O2/c1-2-23-16(10-24)21-22-17(23)13-7-14(8-13)20-18(25)12-4-3-11-5-6-19-15(11)9-12/h3-6,9,13-14,19,24H,2,7-8,10H2,1H3,(H,20,25). The molecule has 0 aliphatic heterocycles. The summed E-state index contributed by atoms with van der Waals surface area (Å²) in [5, 5.41) is 21.7. The highest BCUT2D eigenvalue weighted by molar-refractivity contribution is 5.98. The van der Waals surface area contributed by atoms with E-state index in [1.807, 2.05) is 42.0 Å². The largest absolute Gasteiger partial charge is 0.388 e. The van der Waals surface area contributed by atoms with Crippen LogP contribution in [-0.2, 0) is 13.2 Å². The van der Waals surface area contributed by atoms with Gasteiger partial charge in [0, 0.05) is 35.8 Å². The third-order valence-corrected chi connectivity index (χ3v) is 4.97. The number of amides is 1. The van der Waals surface area contributed by atoms with E-state index in [4.69, 9.17) is 0 Å². The number of aliphatic hydroxyl groups is 1. The lowest BCUT2D eigenvalue weighted by molar-refractivity contribution is 0.0907. The van der Waals surface area contributed by atoms with Gasteiger partial charge in [-0.2, -0.15) is 0 Å². The van der Waals surface area contributed by atoms with Crippen LogP contribution in [0.2, 0.25) is 0 Å². The third-order valence-electron chi connectivity index (χ3n) is 4.97. The van der Waals surface area contributed by atoms with E-state index in [-0.39, 0.29) is 24.5 Å². The maximum atomic E-state index is 12.4. The average molecular weight is 339 g/mol. The zero-order chi connectivity index (χ0) is 17.4. The summed E-state index contributed by atoms with van der Waals surface area (Å²) in [6, 6.07) is 7.81.